The van der Waals surface area contributed by atoms with Crippen molar-refractivity contribution < 1.29 is 29.3 Å². The van der Waals surface area contributed by atoms with Gasteiger partial charge >= 0.3 is 11.9 Å². The van der Waals surface area contributed by atoms with Gasteiger partial charge in [0, 0.05) is 60.0 Å². The number of H-pyrrole nitrogens is 2. The predicted octanol–water partition coefficient (Wildman–Crippen LogP) is 5.92. The minimum atomic E-state index is -0.896. The summed E-state index contributed by atoms with van der Waals surface area (Å²) in [7, 11) is 0. The molecule has 6 N–H and O–H groups in total. The number of pyridine rings is 2. The number of carbonyl (C=O) groups excluding carboxylic acids is 2. The summed E-state index contributed by atoms with van der Waals surface area (Å²) < 4.78 is 11.2. The molecule has 2 unspecified atom stereocenters. The molecule has 0 fully saturated rings. The molecule has 0 aliphatic heterocycles. The van der Waals surface area contributed by atoms with Crippen molar-refractivity contribution in [1.29, 1.82) is 0 Å². The largest absolute Gasteiger partial charge is 0.421 e. The molecule has 4 aromatic carbocycles. The van der Waals surface area contributed by atoms with Crippen LogP contribution in [0, 0.1) is 0 Å². The molecule has 0 amide bonds. The molecule has 2 aliphatic rings. The molecule has 2 aromatic heterocycles. The third-order valence-corrected chi connectivity index (χ3v) is 12.8. The third-order valence-electron chi connectivity index (χ3n) is 12.8. The number of hydrogen-bond acceptors (Lipinski definition) is 10. The van der Waals surface area contributed by atoms with Crippen LogP contribution < -0.4 is 31.2 Å². The van der Waals surface area contributed by atoms with Gasteiger partial charge in [0.15, 0.2) is 11.5 Å². The van der Waals surface area contributed by atoms with Crippen molar-refractivity contribution in [2.45, 2.75) is 116 Å². The van der Waals surface area contributed by atoms with Crippen LogP contribution in [0.15, 0.2) is 94.5 Å². The maximum atomic E-state index is 13.0. The monoisotopic (exact) mass is 864 g/mol. The van der Waals surface area contributed by atoms with Gasteiger partial charge in [-0.2, -0.15) is 0 Å². The van der Waals surface area contributed by atoms with E-state index in [0.29, 0.717) is 10.8 Å². The molecule has 12 nitrogen and oxygen atoms in total. The lowest BCUT2D eigenvalue weighted by Gasteiger charge is -2.19. The molecule has 64 heavy (non-hydrogen) atoms. The SMILES string of the molecule is CCc1cc2c(cc1CC)CC(NC(O)Cc1ccc(OC(=O)/C=C\C(=O)Oc3ccc(CC(O)NC4Cc5cc(CC)c(CC)cc5C4)c4ccc(=O)[nH]c34)c3[nH]c(=O)ccc13)C2. The van der Waals surface area contributed by atoms with Crippen molar-refractivity contribution >= 4 is 33.7 Å². The molecule has 0 saturated carbocycles. The van der Waals surface area contributed by atoms with Crippen LogP contribution in [-0.4, -0.2) is 56.7 Å². The maximum absolute atomic E-state index is 13.0. The normalized spacial score (nSPS) is 14.9. The number of aliphatic hydroxyl groups is 2. The zero-order valence-electron chi connectivity index (χ0n) is 36.8. The van der Waals surface area contributed by atoms with Crippen molar-refractivity contribution in [2.24, 2.45) is 0 Å². The molecule has 6 aromatic rings. The summed E-state index contributed by atoms with van der Waals surface area (Å²) in [6.07, 6.45) is 7.83. The Bertz CT molecular complexity index is 2640. The third kappa shape index (κ3) is 9.80. The Hall–Kier alpha value is -6.18. The number of carbonyl (C=O) groups is 2. The van der Waals surface area contributed by atoms with Crippen LogP contribution in [0.25, 0.3) is 21.8 Å². The van der Waals surface area contributed by atoms with E-state index in [1.54, 1.807) is 36.4 Å². The number of fused-ring (bicyclic) bond motifs is 4. The van der Waals surface area contributed by atoms with Gasteiger partial charge in [-0.15, -0.1) is 0 Å². The maximum Gasteiger partial charge on any atom is 0.336 e. The van der Waals surface area contributed by atoms with E-state index in [0.717, 1.165) is 74.6 Å². The first kappa shape index (κ1) is 44.4. The molecule has 2 atom stereocenters. The molecule has 8 rings (SSSR count). The van der Waals surface area contributed by atoms with Crippen LogP contribution in [0.2, 0.25) is 0 Å². The second-order valence-electron chi connectivity index (χ2n) is 17.0. The van der Waals surface area contributed by atoms with Gasteiger partial charge < -0.3 is 29.7 Å². The molecule has 0 bridgehead atoms. The number of benzene rings is 4. The van der Waals surface area contributed by atoms with E-state index in [4.69, 9.17) is 9.47 Å². The minimum absolute atomic E-state index is 0.0659. The number of aromatic amines is 2. The summed E-state index contributed by atoms with van der Waals surface area (Å²) in [5.41, 5.74) is 12.0. The molecular weight excluding hydrogens is 809 g/mol. The van der Waals surface area contributed by atoms with Crippen LogP contribution in [0.5, 0.6) is 11.5 Å². The van der Waals surface area contributed by atoms with Gasteiger partial charge in [-0.3, -0.25) is 20.2 Å². The van der Waals surface area contributed by atoms with Crippen LogP contribution in [0.1, 0.15) is 83.3 Å². The number of aromatic nitrogens is 2. The number of rotatable bonds is 16. The van der Waals surface area contributed by atoms with E-state index in [2.05, 4.69) is 72.6 Å². The number of ether oxygens (including phenoxy) is 2. The number of aliphatic hydroxyl groups excluding tert-OH is 2. The van der Waals surface area contributed by atoms with Gasteiger partial charge in [-0.25, -0.2) is 9.59 Å². The lowest BCUT2D eigenvalue weighted by atomic mass is 9.97. The Labute approximate surface area is 371 Å². The van der Waals surface area contributed by atoms with E-state index in [1.165, 1.54) is 56.6 Å². The van der Waals surface area contributed by atoms with Crippen LogP contribution in [0.4, 0.5) is 0 Å². The quantitative estimate of drug-likeness (QED) is 0.0296. The summed E-state index contributed by atoms with van der Waals surface area (Å²) in [5.74, 6) is -1.66. The number of esters is 2. The highest BCUT2D eigenvalue weighted by molar-refractivity contribution is 5.97. The standard InChI is InChI=1S/C52H56N4O8/c1-5-29-19-35-23-39(24-36(35)20-30(29)6-2)53-47(59)27-33-9-13-43(51-41(33)11-15-45(57)55-51)63-49(61)17-18-50(62)64-44-14-10-34(42-12-16-46(58)56-52(42)44)28-48(60)54-40-25-37-21-31(7-3)32(8-4)22-38(37)26-40/h9-22,39-40,47-48,53-54,59-60H,5-8,23-28H2,1-4H3,(H,55,57)(H,56,58)/b18-17-. The van der Waals surface area contributed by atoms with Crippen molar-refractivity contribution in [3.8, 4) is 11.5 Å². The topological polar surface area (TPSA) is 183 Å². The zero-order chi connectivity index (χ0) is 45.1. The van der Waals surface area contributed by atoms with Crippen molar-refractivity contribution in [3.63, 3.8) is 0 Å². The fraction of sp³-hybridized carbons (Fsp3) is 0.346. The van der Waals surface area contributed by atoms with E-state index in [1.807, 2.05) is 0 Å². The number of aryl methyl sites for hydroxylation is 4. The van der Waals surface area contributed by atoms with E-state index < -0.39 is 35.5 Å². The van der Waals surface area contributed by atoms with Gasteiger partial charge in [0.25, 0.3) is 0 Å². The first-order valence-corrected chi connectivity index (χ1v) is 22.5. The Morgan fingerprint density at radius 3 is 1.23 bits per heavy atom. The van der Waals surface area contributed by atoms with E-state index >= 15 is 0 Å². The first-order chi connectivity index (χ1) is 30.9. The van der Waals surface area contributed by atoms with Gasteiger partial charge in [0.05, 0.1) is 11.0 Å². The average molecular weight is 865 g/mol. The highest BCUT2D eigenvalue weighted by Crippen LogP contribution is 2.32. The lowest BCUT2D eigenvalue weighted by Crippen LogP contribution is -2.40. The Kier molecular flexibility index (Phi) is 13.4. The molecule has 0 spiro atoms. The average Bonchev–Trinajstić information content (AvgIpc) is 3.87. The smallest absolute Gasteiger partial charge is 0.336 e. The van der Waals surface area contributed by atoms with Crippen molar-refractivity contribution in [1.82, 2.24) is 20.6 Å². The first-order valence-electron chi connectivity index (χ1n) is 22.5. The summed E-state index contributed by atoms with van der Waals surface area (Å²) in [5, 5.41) is 30.3. The van der Waals surface area contributed by atoms with Gasteiger partial charge in [0.1, 0.15) is 12.5 Å². The minimum Gasteiger partial charge on any atom is -0.421 e. The van der Waals surface area contributed by atoms with Crippen LogP contribution in [0.3, 0.4) is 0 Å². The molecule has 12 heteroatoms. The number of nitrogens with one attached hydrogen (secondary N) is 4. The van der Waals surface area contributed by atoms with Gasteiger partial charge in [0.2, 0.25) is 11.1 Å². The van der Waals surface area contributed by atoms with Crippen LogP contribution in [-0.2, 0) is 73.8 Å². The van der Waals surface area contributed by atoms with E-state index in [-0.39, 0.29) is 47.5 Å². The summed E-state index contributed by atoms with van der Waals surface area (Å²) >= 11 is 0. The molecule has 0 radical (unpaired) electrons. The van der Waals surface area contributed by atoms with Gasteiger partial charge in [-0.05, 0) is 131 Å². The second kappa shape index (κ2) is 19.3. The predicted molar refractivity (Wildman–Crippen MR) is 248 cm³/mol. The highest BCUT2D eigenvalue weighted by atomic mass is 16.5. The highest BCUT2D eigenvalue weighted by Gasteiger charge is 2.27. The van der Waals surface area contributed by atoms with Crippen molar-refractivity contribution in [2.75, 3.05) is 0 Å². The molecule has 2 aliphatic carbocycles. The molecule has 332 valence electrons. The summed E-state index contributed by atoms with van der Waals surface area (Å²) in [4.78, 5) is 56.5. The lowest BCUT2D eigenvalue weighted by molar-refractivity contribution is -0.131. The van der Waals surface area contributed by atoms with Gasteiger partial charge in [-0.1, -0.05) is 64.1 Å². The zero-order valence-corrected chi connectivity index (χ0v) is 36.8. The van der Waals surface area contributed by atoms with E-state index in [9.17, 15) is 29.4 Å². The van der Waals surface area contributed by atoms with Crippen LogP contribution >= 0.6 is 0 Å². The summed E-state index contributed by atoms with van der Waals surface area (Å²) in [6.45, 7) is 8.69. The Balaban J connectivity index is 0.892. The summed E-state index contributed by atoms with van der Waals surface area (Å²) in [6, 6.07) is 21.9. The van der Waals surface area contributed by atoms with Crippen molar-refractivity contribution in [3.05, 3.63) is 161 Å². The fourth-order valence-electron chi connectivity index (χ4n) is 9.70. The second-order valence-corrected chi connectivity index (χ2v) is 17.0. The molecular formula is C52H56N4O8. The number of hydrogen-bond donors (Lipinski definition) is 6. The molecule has 0 saturated heterocycles. The fourth-order valence-corrected chi connectivity index (χ4v) is 9.70. The molecule has 2 heterocycles. The Morgan fingerprint density at radius 2 is 0.906 bits per heavy atom. The Morgan fingerprint density at radius 1 is 0.562 bits per heavy atom.